The zero-order valence-electron chi connectivity index (χ0n) is 35.8. The van der Waals surface area contributed by atoms with Gasteiger partial charge in [-0.15, -0.1) is 0 Å². The second-order valence-corrected chi connectivity index (χ2v) is 22.8. The molecular weight excluding hydrogens is 588 g/mol. The first-order valence-corrected chi connectivity index (χ1v) is 18.2. The van der Waals surface area contributed by atoms with Crippen molar-refractivity contribution in [3.63, 3.8) is 0 Å². The summed E-state index contributed by atoms with van der Waals surface area (Å²) in [6.07, 6.45) is 0. The van der Waals surface area contributed by atoms with Crippen LogP contribution in [0.25, 0.3) is 0 Å². The van der Waals surface area contributed by atoms with E-state index in [-0.39, 0.29) is 5.78 Å². The Labute approximate surface area is 296 Å². The molecule has 0 aromatic heterocycles. The maximum atomic E-state index is 16.5. The summed E-state index contributed by atoms with van der Waals surface area (Å²) in [4.78, 5) is 16.5. The van der Waals surface area contributed by atoms with E-state index < -0.39 is 43.3 Å². The maximum absolute atomic E-state index is 16.5. The Kier molecular flexibility index (Phi) is 10.4. The van der Waals surface area contributed by atoms with Crippen molar-refractivity contribution < 1.29 is 15.0 Å². The van der Waals surface area contributed by atoms with Crippen LogP contribution < -0.4 is 0 Å². The average molecular weight is 663 g/mol. The number of rotatable bonds is 2. The Balaban J connectivity index is 3.86. The molecule has 2 N–H and O–H groups in total. The van der Waals surface area contributed by atoms with Crippen molar-refractivity contribution in [3.8, 4) is 11.5 Å². The molecule has 48 heavy (non-hydrogen) atoms. The molecule has 0 spiro atoms. The van der Waals surface area contributed by atoms with E-state index in [4.69, 9.17) is 0 Å². The molecule has 0 saturated heterocycles. The standard InChI is InChI=1S/C45H74O3/c1-38(2,3)27-25(28(39(4,5)6)32(43(16,17)18)36(47)31(27)42(13,14)15)35(46)26-29(40(7,8)9)33(44(19,20)21)37(48)34(45(22,23)24)30(26)41(10,11)12/h47-48H,1-24H3. The lowest BCUT2D eigenvalue weighted by molar-refractivity contribution is 0.102. The molecule has 2 aromatic rings. The molecule has 2 rings (SSSR count). The van der Waals surface area contributed by atoms with Crippen LogP contribution in [0.2, 0.25) is 0 Å². The van der Waals surface area contributed by atoms with E-state index in [2.05, 4.69) is 166 Å². The van der Waals surface area contributed by atoms with Crippen LogP contribution >= 0.6 is 0 Å². The molecule has 0 unspecified atom stereocenters. The van der Waals surface area contributed by atoms with E-state index >= 15 is 4.79 Å². The van der Waals surface area contributed by atoms with Gasteiger partial charge in [0.25, 0.3) is 0 Å². The van der Waals surface area contributed by atoms with Crippen molar-refractivity contribution in [2.75, 3.05) is 0 Å². The van der Waals surface area contributed by atoms with Crippen LogP contribution in [-0.4, -0.2) is 16.0 Å². The van der Waals surface area contributed by atoms with Gasteiger partial charge >= 0.3 is 0 Å². The quantitative estimate of drug-likeness (QED) is 0.315. The lowest BCUT2D eigenvalue weighted by Crippen LogP contribution is -2.37. The summed E-state index contributed by atoms with van der Waals surface area (Å²) in [5.41, 5.74) is 4.80. The predicted molar refractivity (Wildman–Crippen MR) is 209 cm³/mol. The van der Waals surface area contributed by atoms with Gasteiger partial charge in [0.2, 0.25) is 0 Å². The van der Waals surface area contributed by atoms with Crippen LogP contribution in [0.1, 0.15) is 227 Å². The van der Waals surface area contributed by atoms with Gasteiger partial charge in [0.15, 0.2) is 5.78 Å². The molecule has 0 atom stereocenters. The van der Waals surface area contributed by atoms with Gasteiger partial charge in [0, 0.05) is 33.4 Å². The van der Waals surface area contributed by atoms with Crippen LogP contribution in [0, 0.1) is 0 Å². The number of ketones is 1. The van der Waals surface area contributed by atoms with Gasteiger partial charge in [0.05, 0.1) is 0 Å². The van der Waals surface area contributed by atoms with Crippen molar-refractivity contribution in [1.82, 2.24) is 0 Å². The van der Waals surface area contributed by atoms with Crippen molar-refractivity contribution in [2.45, 2.75) is 209 Å². The van der Waals surface area contributed by atoms with E-state index in [0.717, 1.165) is 44.5 Å². The lowest BCUT2D eigenvalue weighted by Gasteiger charge is -2.43. The summed E-state index contributed by atoms with van der Waals surface area (Å²) in [6.45, 7) is 51.8. The summed E-state index contributed by atoms with van der Waals surface area (Å²) in [6, 6.07) is 0. The second-order valence-electron chi connectivity index (χ2n) is 22.8. The van der Waals surface area contributed by atoms with Crippen LogP contribution in [0.4, 0.5) is 0 Å². The van der Waals surface area contributed by atoms with E-state index in [1.807, 2.05) is 0 Å². The van der Waals surface area contributed by atoms with Gasteiger partial charge in [0.1, 0.15) is 11.5 Å². The maximum Gasteiger partial charge on any atom is 0.194 e. The molecule has 3 nitrogen and oxygen atoms in total. The first-order chi connectivity index (χ1) is 20.7. The van der Waals surface area contributed by atoms with Crippen molar-refractivity contribution in [3.05, 3.63) is 55.6 Å². The lowest BCUT2D eigenvalue weighted by atomic mass is 9.60. The van der Waals surface area contributed by atoms with Gasteiger partial charge in [-0.05, 0) is 65.6 Å². The largest absolute Gasteiger partial charge is 0.507 e. The van der Waals surface area contributed by atoms with E-state index in [9.17, 15) is 10.2 Å². The third-order valence-electron chi connectivity index (χ3n) is 9.40. The molecule has 272 valence electrons. The minimum atomic E-state index is -0.470. The number of hydrogen-bond donors (Lipinski definition) is 2. The highest BCUT2D eigenvalue weighted by atomic mass is 16.3. The zero-order valence-corrected chi connectivity index (χ0v) is 35.8. The van der Waals surface area contributed by atoms with Crippen LogP contribution in [0.3, 0.4) is 0 Å². The normalized spacial score (nSPS) is 14.5. The molecule has 0 aliphatic carbocycles. The van der Waals surface area contributed by atoms with Gasteiger partial charge < -0.3 is 10.2 Å². The van der Waals surface area contributed by atoms with E-state index in [1.54, 1.807) is 0 Å². The number of hydrogen-bond acceptors (Lipinski definition) is 3. The number of phenolic OH excluding ortho intramolecular Hbond substituents is 2. The molecule has 0 aliphatic heterocycles. The summed E-state index contributed by atoms with van der Waals surface area (Å²) in [5, 5.41) is 25.0. The topological polar surface area (TPSA) is 57.5 Å². The van der Waals surface area contributed by atoms with Gasteiger partial charge in [-0.25, -0.2) is 0 Å². The SMILES string of the molecule is CC(C)(C)c1c(O)c(C(C)(C)C)c(C(C)(C)C)c(C(=O)c2c(C(C)(C)C)c(C(C)(C)C)c(O)c(C(C)(C)C)c2C(C)(C)C)c1C(C)(C)C. The Hall–Kier alpha value is -2.29. The minimum absolute atomic E-state index is 0.00769. The number of aromatic hydroxyl groups is 2. The average Bonchev–Trinajstić information content (AvgIpc) is 2.76. The molecule has 3 heteroatoms. The third-order valence-corrected chi connectivity index (χ3v) is 9.40. The highest BCUT2D eigenvalue weighted by Crippen LogP contribution is 2.55. The fourth-order valence-corrected chi connectivity index (χ4v) is 7.97. The Morgan fingerprint density at radius 2 is 0.417 bits per heavy atom. The van der Waals surface area contributed by atoms with Gasteiger partial charge in [-0.2, -0.15) is 0 Å². The second kappa shape index (κ2) is 11.9. The Morgan fingerprint density at radius 3 is 0.521 bits per heavy atom. The van der Waals surface area contributed by atoms with Crippen LogP contribution in [0.15, 0.2) is 0 Å². The van der Waals surface area contributed by atoms with Gasteiger partial charge in [-0.1, -0.05) is 166 Å². The number of phenols is 2. The molecule has 0 saturated carbocycles. The third kappa shape index (κ3) is 7.71. The van der Waals surface area contributed by atoms with E-state index in [0.29, 0.717) is 22.6 Å². The van der Waals surface area contributed by atoms with Gasteiger partial charge in [-0.3, -0.25) is 4.79 Å². The molecule has 2 aromatic carbocycles. The highest BCUT2D eigenvalue weighted by molar-refractivity contribution is 6.15. The summed E-state index contributed by atoms with van der Waals surface area (Å²) in [5.74, 6) is 0.613. The fraction of sp³-hybridized carbons (Fsp3) is 0.711. The minimum Gasteiger partial charge on any atom is -0.507 e. The molecule has 0 fully saturated rings. The summed E-state index contributed by atoms with van der Waals surface area (Å²) in [7, 11) is 0. The van der Waals surface area contributed by atoms with Crippen LogP contribution in [-0.2, 0) is 43.3 Å². The van der Waals surface area contributed by atoms with Crippen molar-refractivity contribution in [2.24, 2.45) is 0 Å². The zero-order chi connectivity index (χ0) is 38.5. The summed E-state index contributed by atoms with van der Waals surface area (Å²) < 4.78 is 0. The van der Waals surface area contributed by atoms with Crippen LogP contribution in [0.5, 0.6) is 11.5 Å². The molecular formula is C45H74O3. The fourth-order valence-electron chi connectivity index (χ4n) is 7.97. The molecule has 0 bridgehead atoms. The molecule has 0 heterocycles. The molecule has 0 amide bonds. The Morgan fingerprint density at radius 1 is 0.292 bits per heavy atom. The predicted octanol–water partition coefficient (Wildman–Crippen LogP) is 12.7. The monoisotopic (exact) mass is 663 g/mol. The first-order valence-electron chi connectivity index (χ1n) is 18.2. The molecule has 0 aliphatic rings. The smallest absolute Gasteiger partial charge is 0.194 e. The van der Waals surface area contributed by atoms with E-state index in [1.165, 1.54) is 0 Å². The highest BCUT2D eigenvalue weighted by Gasteiger charge is 2.46. The Bertz CT molecular complexity index is 1350. The number of carbonyl (C=O) groups excluding carboxylic acids is 1. The first kappa shape index (κ1) is 41.9. The molecule has 0 radical (unpaired) electrons. The van der Waals surface area contributed by atoms with Crippen molar-refractivity contribution >= 4 is 5.78 Å². The van der Waals surface area contributed by atoms with Crippen molar-refractivity contribution in [1.29, 1.82) is 0 Å². The number of benzene rings is 2. The number of carbonyl (C=O) groups is 1. The summed E-state index contributed by atoms with van der Waals surface area (Å²) >= 11 is 0.